The van der Waals surface area contributed by atoms with E-state index in [0.29, 0.717) is 38.5 Å². The van der Waals surface area contributed by atoms with Gasteiger partial charge in [-0.05, 0) is 18.1 Å². The molecule has 2 fully saturated rings. The number of benzene rings is 1. The minimum atomic E-state index is -1.12. The molecule has 1 unspecified atom stereocenters. The molecule has 0 bridgehead atoms. The molecule has 1 N–H and O–H groups in total. The molecule has 2 saturated heterocycles. The fourth-order valence-electron chi connectivity index (χ4n) is 3.98. The molecule has 4 amide bonds. The number of anilines is 1. The van der Waals surface area contributed by atoms with Gasteiger partial charge in [0.25, 0.3) is 5.91 Å². The van der Waals surface area contributed by atoms with Gasteiger partial charge in [0.15, 0.2) is 0 Å². The number of hydrogen-bond donors (Lipinski definition) is 1. The molecule has 0 aliphatic carbocycles. The van der Waals surface area contributed by atoms with E-state index < -0.39 is 11.6 Å². The lowest BCUT2D eigenvalue weighted by Gasteiger charge is -2.35. The van der Waals surface area contributed by atoms with E-state index >= 15 is 0 Å². The average molecular weight is 408 g/mol. The number of piperazine rings is 1. The van der Waals surface area contributed by atoms with Gasteiger partial charge in [-0.3, -0.25) is 14.5 Å². The minimum absolute atomic E-state index is 0.243. The molecule has 2 aliphatic rings. The molecule has 9 heteroatoms. The van der Waals surface area contributed by atoms with Crippen molar-refractivity contribution in [2.24, 2.45) is 0 Å². The maximum Gasteiger partial charge on any atom is 0.325 e. The maximum absolute atomic E-state index is 13.2. The third kappa shape index (κ3) is 3.47. The molecule has 1 aromatic carbocycles. The molecular formula is C21H24N6O3. The Balaban J connectivity index is 1.41. The zero-order valence-corrected chi connectivity index (χ0v) is 16.8. The Hall–Kier alpha value is -3.49. The monoisotopic (exact) mass is 408 g/mol. The first-order valence-electron chi connectivity index (χ1n) is 10.0. The van der Waals surface area contributed by atoms with Gasteiger partial charge in [-0.2, -0.15) is 0 Å². The van der Waals surface area contributed by atoms with Crippen LogP contribution in [0.5, 0.6) is 0 Å². The Labute approximate surface area is 174 Å². The minimum Gasteiger partial charge on any atom is -0.338 e. The number of amides is 4. The Bertz CT molecular complexity index is 930. The Kier molecular flexibility index (Phi) is 5.35. The number of aromatic nitrogens is 2. The van der Waals surface area contributed by atoms with E-state index in [-0.39, 0.29) is 18.4 Å². The average Bonchev–Trinajstić information content (AvgIpc) is 3.05. The molecule has 0 spiro atoms. The molecule has 1 atom stereocenters. The molecular weight excluding hydrogens is 384 g/mol. The third-order valence-corrected chi connectivity index (χ3v) is 5.73. The lowest BCUT2D eigenvalue weighted by Crippen LogP contribution is -2.52. The number of nitrogens with one attached hydrogen (secondary N) is 1. The van der Waals surface area contributed by atoms with Gasteiger partial charge in [-0.25, -0.2) is 14.8 Å². The lowest BCUT2D eigenvalue weighted by atomic mass is 9.87. The second-order valence-electron chi connectivity index (χ2n) is 7.36. The number of hydrogen-bond acceptors (Lipinski definition) is 6. The number of imide groups is 1. The summed E-state index contributed by atoms with van der Waals surface area (Å²) >= 11 is 0. The van der Waals surface area contributed by atoms with Crippen LogP contribution in [0.1, 0.15) is 18.9 Å². The lowest BCUT2D eigenvalue weighted by molar-refractivity contribution is -0.139. The maximum atomic E-state index is 13.2. The molecule has 9 nitrogen and oxygen atoms in total. The summed E-state index contributed by atoms with van der Waals surface area (Å²) < 4.78 is 0. The van der Waals surface area contributed by atoms with Gasteiger partial charge in [0.1, 0.15) is 12.1 Å². The summed E-state index contributed by atoms with van der Waals surface area (Å²) in [5.74, 6) is 0.00672. The van der Waals surface area contributed by atoms with Crippen molar-refractivity contribution in [3.63, 3.8) is 0 Å². The van der Waals surface area contributed by atoms with Crippen molar-refractivity contribution in [3.05, 3.63) is 54.4 Å². The summed E-state index contributed by atoms with van der Waals surface area (Å²) in [7, 11) is 0. The normalized spacial score (nSPS) is 21.7. The first kappa shape index (κ1) is 19.8. The molecule has 2 aliphatic heterocycles. The van der Waals surface area contributed by atoms with Crippen molar-refractivity contribution in [2.75, 3.05) is 37.6 Å². The Morgan fingerprint density at radius 3 is 2.33 bits per heavy atom. The third-order valence-electron chi connectivity index (χ3n) is 5.73. The second-order valence-corrected chi connectivity index (χ2v) is 7.36. The van der Waals surface area contributed by atoms with E-state index in [1.807, 2.05) is 42.2 Å². The van der Waals surface area contributed by atoms with Crippen molar-refractivity contribution in [2.45, 2.75) is 18.9 Å². The summed E-state index contributed by atoms with van der Waals surface area (Å²) in [5.41, 5.74) is -0.403. The molecule has 0 radical (unpaired) electrons. The second kappa shape index (κ2) is 8.10. The van der Waals surface area contributed by atoms with E-state index in [1.165, 1.54) is 0 Å². The van der Waals surface area contributed by atoms with E-state index in [2.05, 4.69) is 15.3 Å². The van der Waals surface area contributed by atoms with Gasteiger partial charge in [0, 0.05) is 38.6 Å². The predicted molar refractivity (Wildman–Crippen MR) is 109 cm³/mol. The van der Waals surface area contributed by atoms with Crippen LogP contribution in [-0.2, 0) is 15.1 Å². The summed E-state index contributed by atoms with van der Waals surface area (Å²) in [4.78, 5) is 51.8. The highest BCUT2D eigenvalue weighted by Gasteiger charge is 2.51. The number of nitrogens with zero attached hydrogens (tertiary/aromatic N) is 5. The highest BCUT2D eigenvalue weighted by Crippen LogP contribution is 2.32. The Morgan fingerprint density at radius 2 is 1.70 bits per heavy atom. The van der Waals surface area contributed by atoms with Crippen molar-refractivity contribution in [1.29, 1.82) is 0 Å². The van der Waals surface area contributed by atoms with Crippen LogP contribution in [0, 0.1) is 0 Å². The van der Waals surface area contributed by atoms with Gasteiger partial charge < -0.3 is 15.1 Å². The number of carbonyl (C=O) groups excluding carboxylic acids is 3. The zero-order chi connectivity index (χ0) is 21.1. The van der Waals surface area contributed by atoms with Crippen LogP contribution in [0.2, 0.25) is 0 Å². The first-order chi connectivity index (χ1) is 14.5. The van der Waals surface area contributed by atoms with E-state index in [0.717, 1.165) is 10.5 Å². The number of urea groups is 1. The Morgan fingerprint density at radius 1 is 1.03 bits per heavy atom. The fraction of sp³-hybridized carbons (Fsp3) is 0.381. The summed E-state index contributed by atoms with van der Waals surface area (Å²) in [5, 5.41) is 2.81. The predicted octanol–water partition coefficient (Wildman–Crippen LogP) is 0.983. The van der Waals surface area contributed by atoms with Gasteiger partial charge in [0.2, 0.25) is 11.9 Å². The summed E-state index contributed by atoms with van der Waals surface area (Å²) in [6.45, 7) is 3.75. The van der Waals surface area contributed by atoms with Crippen LogP contribution < -0.4 is 10.2 Å². The standard InChI is InChI=1S/C21H24N6O3/c1-2-21(16-7-4-3-5-8-16)18(29)27(20(30)24-21)15-17(28)25-11-13-26(14-12-25)19-22-9-6-10-23-19/h3-10H,2,11-15H2,1H3,(H,24,30). The van der Waals surface area contributed by atoms with Crippen LogP contribution in [0.15, 0.2) is 48.8 Å². The fourth-order valence-corrected chi connectivity index (χ4v) is 3.98. The van der Waals surface area contributed by atoms with E-state index in [9.17, 15) is 14.4 Å². The van der Waals surface area contributed by atoms with E-state index in [4.69, 9.17) is 0 Å². The topological polar surface area (TPSA) is 98.7 Å². The van der Waals surface area contributed by atoms with Gasteiger partial charge in [-0.15, -0.1) is 0 Å². The van der Waals surface area contributed by atoms with Crippen LogP contribution >= 0.6 is 0 Å². The van der Waals surface area contributed by atoms with Crippen molar-refractivity contribution >= 4 is 23.8 Å². The molecule has 0 saturated carbocycles. The first-order valence-corrected chi connectivity index (χ1v) is 10.0. The van der Waals surface area contributed by atoms with Gasteiger partial charge in [-0.1, -0.05) is 37.3 Å². The van der Waals surface area contributed by atoms with Crippen LogP contribution in [0.25, 0.3) is 0 Å². The van der Waals surface area contributed by atoms with E-state index in [1.54, 1.807) is 23.4 Å². The highest BCUT2D eigenvalue weighted by molar-refractivity contribution is 6.09. The van der Waals surface area contributed by atoms with Gasteiger partial charge >= 0.3 is 6.03 Å². The molecule has 3 heterocycles. The van der Waals surface area contributed by atoms with Crippen LogP contribution in [0.3, 0.4) is 0 Å². The zero-order valence-electron chi connectivity index (χ0n) is 16.8. The number of carbonyl (C=O) groups is 3. The van der Waals surface area contributed by atoms with Gasteiger partial charge in [0.05, 0.1) is 0 Å². The molecule has 2 aromatic rings. The van der Waals surface area contributed by atoms with Crippen LogP contribution in [0.4, 0.5) is 10.7 Å². The highest BCUT2D eigenvalue weighted by atomic mass is 16.2. The van der Waals surface area contributed by atoms with Crippen LogP contribution in [-0.4, -0.2) is 70.3 Å². The van der Waals surface area contributed by atoms with Crippen molar-refractivity contribution in [3.8, 4) is 0 Å². The summed E-state index contributed by atoms with van der Waals surface area (Å²) in [6.07, 6.45) is 3.77. The molecule has 156 valence electrons. The molecule has 4 rings (SSSR count). The molecule has 30 heavy (non-hydrogen) atoms. The molecule has 1 aromatic heterocycles. The number of rotatable bonds is 5. The SMILES string of the molecule is CCC1(c2ccccc2)NC(=O)N(CC(=O)N2CCN(c3ncccn3)CC2)C1=O. The van der Waals surface area contributed by atoms with Crippen molar-refractivity contribution in [1.82, 2.24) is 25.1 Å². The summed E-state index contributed by atoms with van der Waals surface area (Å²) in [6, 6.07) is 10.4. The van der Waals surface area contributed by atoms with Crippen molar-refractivity contribution < 1.29 is 14.4 Å². The quantitative estimate of drug-likeness (QED) is 0.741. The smallest absolute Gasteiger partial charge is 0.325 e. The largest absolute Gasteiger partial charge is 0.338 e.